The molecule has 1 aliphatic rings. The number of nitrogens with zero attached hydrogens (tertiary/aromatic N) is 1. The van der Waals surface area contributed by atoms with Gasteiger partial charge in [-0.3, -0.25) is 0 Å². The van der Waals surface area contributed by atoms with Gasteiger partial charge in [0.25, 0.3) is 0 Å². The number of esters is 2. The molecule has 5 heteroatoms. The van der Waals surface area contributed by atoms with Gasteiger partial charge in [-0.1, -0.05) is 30.3 Å². The molecule has 0 amide bonds. The smallest absolute Gasteiger partial charge is 0.347 e. The van der Waals surface area contributed by atoms with E-state index in [0.717, 1.165) is 31.5 Å². The highest BCUT2D eigenvalue weighted by molar-refractivity contribution is 6.19. The summed E-state index contributed by atoms with van der Waals surface area (Å²) in [6, 6.07) is 9.38. The Morgan fingerprint density at radius 3 is 1.95 bits per heavy atom. The molecule has 1 aliphatic heterocycles. The number of ether oxygens (including phenoxy) is 2. The Bertz CT molecular complexity index is 527. The second-order valence-electron chi connectivity index (χ2n) is 4.77. The maximum atomic E-state index is 12.1. The molecule has 1 heterocycles. The second kappa shape index (κ2) is 6.92. The first-order chi connectivity index (χ1) is 10.2. The van der Waals surface area contributed by atoms with E-state index in [1.165, 1.54) is 14.2 Å². The van der Waals surface area contributed by atoms with E-state index in [2.05, 4.69) is 0 Å². The monoisotopic (exact) mass is 289 g/mol. The summed E-state index contributed by atoms with van der Waals surface area (Å²) in [6.07, 6.45) is 2.07. The van der Waals surface area contributed by atoms with Gasteiger partial charge < -0.3 is 14.4 Å². The lowest BCUT2D eigenvalue weighted by molar-refractivity contribution is -0.144. The summed E-state index contributed by atoms with van der Waals surface area (Å²) in [5.41, 5.74) is 1.35. The lowest BCUT2D eigenvalue weighted by Crippen LogP contribution is -2.26. The van der Waals surface area contributed by atoms with Crippen molar-refractivity contribution in [1.82, 2.24) is 4.90 Å². The predicted molar refractivity (Wildman–Crippen MR) is 78.2 cm³/mol. The minimum Gasteiger partial charge on any atom is -0.465 e. The van der Waals surface area contributed by atoms with Crippen LogP contribution in [0.5, 0.6) is 0 Å². The molecular formula is C16H19NO4. The Morgan fingerprint density at radius 1 is 0.952 bits per heavy atom. The van der Waals surface area contributed by atoms with Crippen molar-refractivity contribution < 1.29 is 19.1 Å². The fourth-order valence-corrected chi connectivity index (χ4v) is 2.50. The van der Waals surface area contributed by atoms with Crippen molar-refractivity contribution in [2.45, 2.75) is 12.8 Å². The van der Waals surface area contributed by atoms with E-state index in [1.54, 1.807) is 0 Å². The van der Waals surface area contributed by atoms with Crippen molar-refractivity contribution in [3.63, 3.8) is 0 Å². The molecule has 5 nitrogen and oxygen atoms in total. The zero-order valence-electron chi connectivity index (χ0n) is 12.3. The van der Waals surface area contributed by atoms with Crippen LogP contribution in [0, 0.1) is 0 Å². The van der Waals surface area contributed by atoms with E-state index in [-0.39, 0.29) is 5.57 Å². The molecule has 0 aromatic heterocycles. The van der Waals surface area contributed by atoms with E-state index in [9.17, 15) is 9.59 Å². The molecular weight excluding hydrogens is 270 g/mol. The standard InChI is InChI=1S/C16H19NO4/c1-20-15(18)13(16(19)21-2)14(17-10-6-7-11-17)12-8-4-3-5-9-12/h3-5,8-9H,6-7,10-11H2,1-2H3. The molecule has 0 radical (unpaired) electrons. The zero-order chi connectivity index (χ0) is 15.2. The average Bonchev–Trinajstić information content (AvgIpc) is 3.05. The molecule has 2 rings (SSSR count). The number of carbonyl (C=O) groups excluding carboxylic acids is 2. The molecule has 0 N–H and O–H groups in total. The third kappa shape index (κ3) is 3.24. The Morgan fingerprint density at radius 2 is 1.48 bits per heavy atom. The molecule has 21 heavy (non-hydrogen) atoms. The van der Waals surface area contributed by atoms with Gasteiger partial charge in [0.1, 0.15) is 0 Å². The molecule has 0 unspecified atom stereocenters. The third-order valence-corrected chi connectivity index (χ3v) is 3.49. The first-order valence-corrected chi connectivity index (χ1v) is 6.90. The van der Waals surface area contributed by atoms with Gasteiger partial charge in [0.2, 0.25) is 0 Å². The number of rotatable bonds is 4. The van der Waals surface area contributed by atoms with Crippen LogP contribution in [0.4, 0.5) is 0 Å². The summed E-state index contributed by atoms with van der Waals surface area (Å²) < 4.78 is 9.55. The van der Waals surface area contributed by atoms with Gasteiger partial charge >= 0.3 is 11.9 Å². The molecule has 0 aliphatic carbocycles. The third-order valence-electron chi connectivity index (χ3n) is 3.49. The lowest BCUT2D eigenvalue weighted by atomic mass is 10.0. The number of methoxy groups -OCH3 is 2. The molecule has 1 saturated heterocycles. The Hall–Kier alpha value is -2.30. The molecule has 1 fully saturated rings. The van der Waals surface area contributed by atoms with Crippen molar-refractivity contribution in [2.24, 2.45) is 0 Å². The molecule has 112 valence electrons. The van der Waals surface area contributed by atoms with E-state index >= 15 is 0 Å². The van der Waals surface area contributed by atoms with Crippen LogP contribution >= 0.6 is 0 Å². The van der Waals surface area contributed by atoms with Gasteiger partial charge in [0, 0.05) is 13.1 Å². The fourth-order valence-electron chi connectivity index (χ4n) is 2.50. The summed E-state index contributed by atoms with van der Waals surface area (Å²) in [5, 5.41) is 0. The summed E-state index contributed by atoms with van der Waals surface area (Å²) in [7, 11) is 2.52. The average molecular weight is 289 g/mol. The van der Waals surface area contributed by atoms with Gasteiger partial charge in [-0.05, 0) is 18.4 Å². The Labute approximate surface area is 124 Å². The molecule has 1 aromatic rings. The summed E-state index contributed by atoms with van der Waals surface area (Å²) in [4.78, 5) is 26.2. The van der Waals surface area contributed by atoms with E-state index in [1.807, 2.05) is 35.2 Å². The molecule has 0 atom stereocenters. The summed E-state index contributed by atoms with van der Waals surface area (Å²) >= 11 is 0. The van der Waals surface area contributed by atoms with Crippen LogP contribution in [-0.4, -0.2) is 44.1 Å². The minimum absolute atomic E-state index is 0.0481. The van der Waals surface area contributed by atoms with Crippen LogP contribution < -0.4 is 0 Å². The Kier molecular flexibility index (Phi) is 4.98. The first kappa shape index (κ1) is 15.1. The van der Waals surface area contributed by atoms with Crippen LogP contribution in [0.1, 0.15) is 18.4 Å². The zero-order valence-corrected chi connectivity index (χ0v) is 12.3. The topological polar surface area (TPSA) is 55.8 Å². The van der Waals surface area contributed by atoms with E-state index in [4.69, 9.17) is 9.47 Å². The van der Waals surface area contributed by atoms with Crippen LogP contribution in [0.15, 0.2) is 35.9 Å². The minimum atomic E-state index is -0.674. The number of carbonyl (C=O) groups is 2. The highest BCUT2D eigenvalue weighted by atomic mass is 16.5. The molecule has 0 bridgehead atoms. The van der Waals surface area contributed by atoms with Gasteiger partial charge in [-0.15, -0.1) is 0 Å². The van der Waals surface area contributed by atoms with Crippen molar-refractivity contribution >= 4 is 17.6 Å². The number of benzene rings is 1. The molecule has 1 aromatic carbocycles. The van der Waals surface area contributed by atoms with Crippen LogP contribution in [0.25, 0.3) is 5.70 Å². The Balaban J connectivity index is 2.60. The van der Waals surface area contributed by atoms with Crippen molar-refractivity contribution in [3.8, 4) is 0 Å². The maximum absolute atomic E-state index is 12.1. The fraction of sp³-hybridized carbons (Fsp3) is 0.375. The van der Waals surface area contributed by atoms with E-state index in [0.29, 0.717) is 5.70 Å². The number of likely N-dealkylation sites (tertiary alicyclic amines) is 1. The highest BCUT2D eigenvalue weighted by Crippen LogP contribution is 2.28. The van der Waals surface area contributed by atoms with Crippen LogP contribution in [-0.2, 0) is 19.1 Å². The van der Waals surface area contributed by atoms with Gasteiger partial charge in [-0.25, -0.2) is 9.59 Å². The lowest BCUT2D eigenvalue weighted by Gasteiger charge is -2.24. The van der Waals surface area contributed by atoms with Gasteiger partial charge in [-0.2, -0.15) is 0 Å². The van der Waals surface area contributed by atoms with Crippen LogP contribution in [0.2, 0.25) is 0 Å². The second-order valence-corrected chi connectivity index (χ2v) is 4.77. The molecule has 0 spiro atoms. The van der Waals surface area contributed by atoms with Gasteiger partial charge in [0.15, 0.2) is 5.57 Å². The predicted octanol–water partition coefficient (Wildman–Crippen LogP) is 1.84. The quantitative estimate of drug-likeness (QED) is 0.366. The largest absolute Gasteiger partial charge is 0.465 e. The van der Waals surface area contributed by atoms with Crippen molar-refractivity contribution in [2.75, 3.05) is 27.3 Å². The normalized spacial score (nSPS) is 13.7. The summed E-state index contributed by atoms with van der Waals surface area (Å²) in [6.45, 7) is 1.61. The number of hydrogen-bond acceptors (Lipinski definition) is 5. The first-order valence-electron chi connectivity index (χ1n) is 6.90. The SMILES string of the molecule is COC(=O)C(C(=O)OC)=C(c1ccccc1)N1CCCC1. The van der Waals surface area contributed by atoms with Crippen molar-refractivity contribution in [1.29, 1.82) is 0 Å². The number of hydrogen-bond donors (Lipinski definition) is 0. The van der Waals surface area contributed by atoms with E-state index < -0.39 is 11.9 Å². The van der Waals surface area contributed by atoms with Crippen LogP contribution in [0.3, 0.4) is 0 Å². The molecule has 0 saturated carbocycles. The van der Waals surface area contributed by atoms with Crippen molar-refractivity contribution in [3.05, 3.63) is 41.5 Å². The summed E-state index contributed by atoms with van der Waals surface area (Å²) in [5.74, 6) is -1.35. The maximum Gasteiger partial charge on any atom is 0.347 e. The highest BCUT2D eigenvalue weighted by Gasteiger charge is 2.30. The van der Waals surface area contributed by atoms with Gasteiger partial charge in [0.05, 0.1) is 19.9 Å².